The zero-order chi connectivity index (χ0) is 29.6. The van der Waals surface area contributed by atoms with E-state index in [9.17, 15) is 4.79 Å². The quantitative estimate of drug-likeness (QED) is 0.158. The normalized spacial score (nSPS) is 11.2. The van der Waals surface area contributed by atoms with Crippen LogP contribution in [-0.4, -0.2) is 22.6 Å². The van der Waals surface area contributed by atoms with Crippen LogP contribution in [0.3, 0.4) is 0 Å². The van der Waals surface area contributed by atoms with Crippen LogP contribution in [0, 0.1) is 5.82 Å². The molecule has 42 heavy (non-hydrogen) atoms. The molecule has 0 radical (unpaired) electrons. The largest absolute Gasteiger partial charge is 0.489 e. The fraction of sp³-hybridized carbons (Fsp3) is 0.118. The zero-order valence-corrected chi connectivity index (χ0v) is 24.5. The van der Waals surface area contributed by atoms with Gasteiger partial charge in [-0.3, -0.25) is 0 Å². The molecule has 0 fully saturated rings. The van der Waals surface area contributed by atoms with Gasteiger partial charge in [-0.05, 0) is 84.3 Å². The molecule has 0 aliphatic heterocycles. The van der Waals surface area contributed by atoms with Gasteiger partial charge in [0.2, 0.25) is 0 Å². The molecule has 212 valence electrons. The van der Waals surface area contributed by atoms with Crippen LogP contribution < -0.4 is 4.74 Å². The van der Waals surface area contributed by atoms with Gasteiger partial charge in [0, 0.05) is 28.9 Å². The van der Waals surface area contributed by atoms with Crippen molar-refractivity contribution in [3.05, 3.63) is 130 Å². The van der Waals surface area contributed by atoms with Gasteiger partial charge in [-0.25, -0.2) is 14.2 Å². The average Bonchev–Trinajstić information content (AvgIpc) is 3.42. The Bertz CT molecular complexity index is 1750. The second-order valence-electron chi connectivity index (χ2n) is 9.47. The van der Waals surface area contributed by atoms with Crippen molar-refractivity contribution in [2.24, 2.45) is 0 Å². The molecular formula is C34H27Cl2FN2O3. The minimum absolute atomic E-state index is 0.338. The Morgan fingerprint density at radius 3 is 2.33 bits per heavy atom. The Morgan fingerprint density at radius 2 is 1.67 bits per heavy atom. The van der Waals surface area contributed by atoms with E-state index in [1.54, 1.807) is 42.5 Å². The second kappa shape index (κ2) is 13.1. The van der Waals surface area contributed by atoms with Gasteiger partial charge >= 0.3 is 5.97 Å². The lowest BCUT2D eigenvalue weighted by molar-refractivity contribution is 0.0600. The maximum atomic E-state index is 15.1. The van der Waals surface area contributed by atoms with Gasteiger partial charge in [0.1, 0.15) is 24.0 Å². The van der Waals surface area contributed by atoms with Crippen molar-refractivity contribution >= 4 is 41.3 Å². The molecule has 0 saturated carbocycles. The highest BCUT2D eigenvalue weighted by molar-refractivity contribution is 6.36. The number of ether oxygens (including phenoxy) is 2. The summed E-state index contributed by atoms with van der Waals surface area (Å²) in [5, 5.41) is 1.08. The highest BCUT2D eigenvalue weighted by Gasteiger charge is 2.11. The third kappa shape index (κ3) is 6.73. The number of hydrogen-bond donors (Lipinski definition) is 0. The van der Waals surface area contributed by atoms with Gasteiger partial charge in [-0.2, -0.15) is 0 Å². The smallest absolute Gasteiger partial charge is 0.337 e. The number of nitrogens with zero attached hydrogens (tertiary/aromatic N) is 2. The van der Waals surface area contributed by atoms with E-state index >= 15 is 4.39 Å². The zero-order valence-electron chi connectivity index (χ0n) is 23.0. The third-order valence-electron chi connectivity index (χ3n) is 6.74. The first kappa shape index (κ1) is 29.1. The van der Waals surface area contributed by atoms with Crippen LogP contribution in [0.5, 0.6) is 5.75 Å². The number of carbonyl (C=O) groups is 1. The maximum absolute atomic E-state index is 15.1. The van der Waals surface area contributed by atoms with Crippen molar-refractivity contribution in [3.63, 3.8) is 0 Å². The minimum Gasteiger partial charge on any atom is -0.489 e. The van der Waals surface area contributed by atoms with E-state index in [1.807, 2.05) is 66.2 Å². The van der Waals surface area contributed by atoms with E-state index in [2.05, 4.69) is 0 Å². The molecule has 4 aromatic carbocycles. The predicted molar refractivity (Wildman–Crippen MR) is 166 cm³/mol. The summed E-state index contributed by atoms with van der Waals surface area (Å²) in [6.07, 6.45) is 5.43. The van der Waals surface area contributed by atoms with E-state index in [1.165, 1.54) is 13.2 Å². The van der Waals surface area contributed by atoms with Crippen molar-refractivity contribution in [3.8, 4) is 28.1 Å². The summed E-state index contributed by atoms with van der Waals surface area (Å²) in [4.78, 5) is 16.3. The summed E-state index contributed by atoms with van der Waals surface area (Å²) in [5.41, 5.74) is 4.98. The van der Waals surface area contributed by atoms with E-state index in [4.69, 9.17) is 37.7 Å². The van der Waals surface area contributed by atoms with Gasteiger partial charge in [0.25, 0.3) is 0 Å². The molecule has 0 bridgehead atoms. The summed E-state index contributed by atoms with van der Waals surface area (Å²) >= 11 is 12.4. The molecule has 0 aliphatic carbocycles. The lowest BCUT2D eigenvalue weighted by Crippen LogP contribution is -2.01. The Kier molecular flexibility index (Phi) is 9.06. The van der Waals surface area contributed by atoms with Crippen LogP contribution in [0.2, 0.25) is 10.0 Å². The number of aromatic nitrogens is 2. The molecule has 0 spiro atoms. The number of rotatable bonds is 9. The molecule has 0 aliphatic rings. The summed E-state index contributed by atoms with van der Waals surface area (Å²) in [7, 11) is 1.35. The molecular weight excluding hydrogens is 574 g/mol. The van der Waals surface area contributed by atoms with Crippen LogP contribution in [0.4, 0.5) is 4.39 Å². The molecule has 0 amide bonds. The first-order valence-electron chi connectivity index (χ1n) is 13.3. The lowest BCUT2D eigenvalue weighted by Gasteiger charge is -2.09. The SMILES string of the molecule is CCn1cc(-c2ccc(Cl)cc2Cl)nc1/C=C/c1ccc(-c2ccc(OCc3ccc(C(=O)OC)cc3)cc2)cc1F. The Hall–Kier alpha value is -4.39. The fourth-order valence-corrected chi connectivity index (χ4v) is 4.92. The molecule has 5 nitrogen and oxygen atoms in total. The van der Waals surface area contributed by atoms with Crippen LogP contribution in [0.25, 0.3) is 34.5 Å². The first-order valence-corrected chi connectivity index (χ1v) is 14.0. The number of imidazole rings is 1. The maximum Gasteiger partial charge on any atom is 0.337 e. The summed E-state index contributed by atoms with van der Waals surface area (Å²) in [6, 6.07) is 25.0. The predicted octanol–water partition coefficient (Wildman–Crippen LogP) is 9.22. The molecule has 1 aromatic heterocycles. The first-order chi connectivity index (χ1) is 20.3. The molecule has 0 unspecified atom stereocenters. The fourth-order valence-electron chi connectivity index (χ4n) is 4.41. The number of aryl methyl sites for hydroxylation is 1. The highest BCUT2D eigenvalue weighted by atomic mass is 35.5. The third-order valence-corrected chi connectivity index (χ3v) is 7.28. The number of halogens is 3. The van der Waals surface area contributed by atoms with Crippen LogP contribution in [0.15, 0.2) is 91.1 Å². The topological polar surface area (TPSA) is 53.4 Å². The Morgan fingerprint density at radius 1 is 0.929 bits per heavy atom. The van der Waals surface area contributed by atoms with Crippen molar-refractivity contribution in [1.29, 1.82) is 0 Å². The summed E-state index contributed by atoms with van der Waals surface area (Å²) in [6.45, 7) is 3.06. The number of esters is 1. The number of carbonyl (C=O) groups excluding carboxylic acids is 1. The monoisotopic (exact) mass is 600 g/mol. The van der Waals surface area contributed by atoms with Gasteiger partial charge in [0.05, 0.1) is 23.4 Å². The lowest BCUT2D eigenvalue weighted by atomic mass is 10.0. The molecule has 0 saturated heterocycles. The van der Waals surface area contributed by atoms with Gasteiger partial charge in [-0.15, -0.1) is 0 Å². The van der Waals surface area contributed by atoms with E-state index in [-0.39, 0.29) is 11.8 Å². The number of methoxy groups -OCH3 is 1. The highest BCUT2D eigenvalue weighted by Crippen LogP contribution is 2.30. The minimum atomic E-state index is -0.378. The van der Waals surface area contributed by atoms with E-state index < -0.39 is 0 Å². The van der Waals surface area contributed by atoms with Crippen molar-refractivity contribution < 1.29 is 18.7 Å². The second-order valence-corrected chi connectivity index (χ2v) is 10.3. The molecule has 1 heterocycles. The average molecular weight is 602 g/mol. The molecule has 5 rings (SSSR count). The van der Waals surface area contributed by atoms with Crippen LogP contribution in [0.1, 0.15) is 34.2 Å². The van der Waals surface area contributed by atoms with Gasteiger partial charge < -0.3 is 14.0 Å². The molecule has 0 atom stereocenters. The van der Waals surface area contributed by atoms with Crippen LogP contribution >= 0.6 is 23.2 Å². The molecule has 5 aromatic rings. The Balaban J connectivity index is 1.25. The number of benzene rings is 4. The van der Waals surface area contributed by atoms with Crippen molar-refractivity contribution in [2.45, 2.75) is 20.1 Å². The van der Waals surface area contributed by atoms with Crippen molar-refractivity contribution in [1.82, 2.24) is 9.55 Å². The van der Waals surface area contributed by atoms with Gasteiger partial charge in [0.15, 0.2) is 0 Å². The summed E-state index contributed by atoms with van der Waals surface area (Å²) < 4.78 is 27.7. The standard InChI is InChI=1S/C34H27Cl2FN2O3/c1-3-39-20-32(29-16-13-27(35)19-30(29)36)38-33(39)17-12-24-8-9-26(18-31(24)37)23-10-14-28(15-11-23)42-21-22-4-6-25(7-5-22)34(40)41-2/h4-20H,3,21H2,1-2H3/b17-12+. The molecule has 8 heteroatoms. The van der Waals surface area contributed by atoms with Gasteiger partial charge in [-0.1, -0.05) is 59.6 Å². The van der Waals surface area contributed by atoms with Crippen LogP contribution in [-0.2, 0) is 17.9 Å². The molecule has 0 N–H and O–H groups in total. The van der Waals surface area contributed by atoms with E-state index in [0.717, 1.165) is 27.9 Å². The number of hydrogen-bond acceptors (Lipinski definition) is 4. The van der Waals surface area contributed by atoms with Crippen molar-refractivity contribution in [2.75, 3.05) is 7.11 Å². The Labute approximate surface area is 253 Å². The van der Waals surface area contributed by atoms with E-state index in [0.29, 0.717) is 45.9 Å². The summed E-state index contributed by atoms with van der Waals surface area (Å²) in [5.74, 6) is 0.658.